The third-order valence-corrected chi connectivity index (χ3v) is 6.01. The Morgan fingerprint density at radius 1 is 1.11 bits per heavy atom. The van der Waals surface area contributed by atoms with Crippen molar-refractivity contribution in [3.63, 3.8) is 0 Å². The molecule has 0 aromatic heterocycles. The van der Waals surface area contributed by atoms with Crippen molar-refractivity contribution in [2.45, 2.75) is 57.7 Å². The first kappa shape index (κ1) is 17.2. The summed E-state index contributed by atoms with van der Waals surface area (Å²) in [4.78, 5) is 0. The molecule has 114 valence electrons. The fraction of sp³-hybridized carbons (Fsp3) is 1.00. The van der Waals surface area contributed by atoms with Crippen molar-refractivity contribution >= 4 is 21.8 Å². The second kappa shape index (κ2) is 8.45. The van der Waals surface area contributed by atoms with Crippen LogP contribution in [0.25, 0.3) is 0 Å². The van der Waals surface area contributed by atoms with Crippen LogP contribution in [0, 0.1) is 5.92 Å². The van der Waals surface area contributed by atoms with E-state index in [-0.39, 0.29) is 5.38 Å². The Kier molecular flexibility index (Phi) is 7.65. The van der Waals surface area contributed by atoms with Gasteiger partial charge in [0.25, 0.3) is 10.2 Å². The van der Waals surface area contributed by atoms with Gasteiger partial charge < -0.3 is 0 Å². The van der Waals surface area contributed by atoms with Gasteiger partial charge in [0, 0.05) is 25.0 Å². The molecule has 0 spiro atoms. The summed E-state index contributed by atoms with van der Waals surface area (Å²) in [7, 11) is -3.35. The molecule has 1 unspecified atom stereocenters. The van der Waals surface area contributed by atoms with Gasteiger partial charge >= 0.3 is 0 Å². The van der Waals surface area contributed by atoms with Crippen LogP contribution in [0.3, 0.4) is 0 Å². The van der Waals surface area contributed by atoms with E-state index in [1.165, 1.54) is 0 Å². The number of halogens is 1. The predicted molar refractivity (Wildman–Crippen MR) is 80.7 cm³/mol. The van der Waals surface area contributed by atoms with Gasteiger partial charge in [0.1, 0.15) is 0 Å². The normalized spacial score (nSPS) is 20.4. The average molecular weight is 311 g/mol. The molecular formula is C13H27ClN2O2S. The molecule has 0 aromatic rings. The minimum absolute atomic E-state index is 0.128. The highest BCUT2D eigenvalue weighted by molar-refractivity contribution is 7.87. The molecule has 1 N–H and O–H groups in total. The van der Waals surface area contributed by atoms with Gasteiger partial charge in [-0.2, -0.15) is 12.7 Å². The highest BCUT2D eigenvalue weighted by atomic mass is 35.5. The summed E-state index contributed by atoms with van der Waals surface area (Å²) in [6, 6.07) is 0. The Morgan fingerprint density at radius 2 is 1.63 bits per heavy atom. The number of rotatable bonds is 7. The zero-order valence-corrected chi connectivity index (χ0v) is 13.6. The zero-order valence-electron chi connectivity index (χ0n) is 12.1. The molecule has 6 heteroatoms. The van der Waals surface area contributed by atoms with E-state index in [2.05, 4.69) is 18.6 Å². The van der Waals surface area contributed by atoms with E-state index in [1.807, 2.05) is 0 Å². The van der Waals surface area contributed by atoms with Crippen molar-refractivity contribution in [3.05, 3.63) is 0 Å². The van der Waals surface area contributed by atoms with Crippen LogP contribution >= 0.6 is 11.6 Å². The zero-order chi connectivity index (χ0) is 14.3. The molecule has 0 aromatic carbocycles. The quantitative estimate of drug-likeness (QED) is 0.735. The molecule has 0 aliphatic carbocycles. The van der Waals surface area contributed by atoms with Gasteiger partial charge in [-0.1, -0.05) is 39.5 Å². The van der Waals surface area contributed by atoms with Gasteiger partial charge in [0.05, 0.1) is 0 Å². The lowest BCUT2D eigenvalue weighted by Crippen LogP contribution is -2.44. The minimum atomic E-state index is -3.35. The smallest absolute Gasteiger partial charge is 0.201 e. The van der Waals surface area contributed by atoms with Crippen molar-refractivity contribution < 1.29 is 8.42 Å². The number of alkyl halides is 1. The standard InChI is InChI=1S/C13H27ClN2O2S/c1-3-12(4-2)13(14)11-15-19(17,18)16-9-7-5-6-8-10-16/h12-13,15H,3-11H2,1-2H3. The van der Waals surface area contributed by atoms with Crippen molar-refractivity contribution in [1.29, 1.82) is 0 Å². The van der Waals surface area contributed by atoms with Gasteiger partial charge in [-0.25, -0.2) is 4.72 Å². The molecule has 1 heterocycles. The maximum Gasteiger partial charge on any atom is 0.279 e. The molecule has 1 atom stereocenters. The SMILES string of the molecule is CCC(CC)C(Cl)CNS(=O)(=O)N1CCCCCC1. The molecule has 0 bridgehead atoms. The van der Waals surface area contributed by atoms with Crippen molar-refractivity contribution in [3.8, 4) is 0 Å². The Labute approximate surface area is 123 Å². The largest absolute Gasteiger partial charge is 0.279 e. The van der Waals surface area contributed by atoms with E-state index in [0.29, 0.717) is 25.6 Å². The summed E-state index contributed by atoms with van der Waals surface area (Å²) >= 11 is 6.28. The fourth-order valence-electron chi connectivity index (χ4n) is 2.53. The third-order valence-electron chi connectivity index (χ3n) is 3.93. The van der Waals surface area contributed by atoms with Crippen LogP contribution in [0.15, 0.2) is 0 Å². The Bertz CT molecular complexity index is 337. The molecule has 1 fully saturated rings. The van der Waals surface area contributed by atoms with Gasteiger partial charge in [-0.05, 0) is 18.8 Å². The summed E-state index contributed by atoms with van der Waals surface area (Å²) in [6.45, 7) is 5.77. The molecule has 1 rings (SSSR count). The van der Waals surface area contributed by atoms with E-state index in [4.69, 9.17) is 11.6 Å². The van der Waals surface area contributed by atoms with Crippen molar-refractivity contribution in [1.82, 2.24) is 9.03 Å². The summed E-state index contributed by atoms with van der Waals surface area (Å²) < 4.78 is 28.6. The van der Waals surface area contributed by atoms with E-state index in [0.717, 1.165) is 38.5 Å². The average Bonchev–Trinajstić information content (AvgIpc) is 2.67. The summed E-state index contributed by atoms with van der Waals surface area (Å²) in [5.74, 6) is 0.369. The van der Waals surface area contributed by atoms with E-state index in [1.54, 1.807) is 4.31 Å². The third kappa shape index (κ3) is 5.58. The maximum atomic E-state index is 12.2. The van der Waals surface area contributed by atoms with Gasteiger partial charge in [0.2, 0.25) is 0 Å². The van der Waals surface area contributed by atoms with Crippen LogP contribution in [-0.2, 0) is 10.2 Å². The van der Waals surface area contributed by atoms with Gasteiger partial charge in [-0.15, -0.1) is 11.6 Å². The number of hydrogen-bond acceptors (Lipinski definition) is 2. The molecular weight excluding hydrogens is 284 g/mol. The first-order chi connectivity index (χ1) is 9.01. The van der Waals surface area contributed by atoms with Crippen LogP contribution in [0.2, 0.25) is 0 Å². The van der Waals surface area contributed by atoms with Crippen LogP contribution in [0.5, 0.6) is 0 Å². The van der Waals surface area contributed by atoms with E-state index < -0.39 is 10.2 Å². The molecule has 4 nitrogen and oxygen atoms in total. The summed E-state index contributed by atoms with van der Waals surface area (Å²) in [6.07, 6.45) is 6.12. The van der Waals surface area contributed by atoms with Crippen LogP contribution in [0.1, 0.15) is 52.4 Å². The summed E-state index contributed by atoms with van der Waals surface area (Å²) in [5, 5.41) is -0.128. The molecule has 1 saturated heterocycles. The first-order valence-electron chi connectivity index (χ1n) is 7.40. The lowest BCUT2D eigenvalue weighted by Gasteiger charge is -2.23. The molecule has 19 heavy (non-hydrogen) atoms. The summed E-state index contributed by atoms with van der Waals surface area (Å²) in [5.41, 5.74) is 0. The Balaban J connectivity index is 2.49. The van der Waals surface area contributed by atoms with Gasteiger partial charge in [0.15, 0.2) is 0 Å². The lowest BCUT2D eigenvalue weighted by molar-refractivity contribution is 0.407. The molecule has 0 radical (unpaired) electrons. The second-order valence-corrected chi connectivity index (χ2v) is 7.58. The second-order valence-electron chi connectivity index (χ2n) is 5.26. The highest BCUT2D eigenvalue weighted by Crippen LogP contribution is 2.18. The highest BCUT2D eigenvalue weighted by Gasteiger charge is 2.24. The Morgan fingerprint density at radius 3 is 2.11 bits per heavy atom. The van der Waals surface area contributed by atoms with Crippen LogP contribution in [-0.4, -0.2) is 37.7 Å². The van der Waals surface area contributed by atoms with Crippen molar-refractivity contribution in [2.24, 2.45) is 5.92 Å². The first-order valence-corrected chi connectivity index (χ1v) is 9.27. The Hall–Kier alpha value is 0.160. The van der Waals surface area contributed by atoms with Crippen molar-refractivity contribution in [2.75, 3.05) is 19.6 Å². The lowest BCUT2D eigenvalue weighted by atomic mass is 9.99. The molecule has 1 aliphatic heterocycles. The maximum absolute atomic E-state index is 12.2. The molecule has 0 saturated carbocycles. The minimum Gasteiger partial charge on any atom is -0.201 e. The monoisotopic (exact) mass is 310 g/mol. The van der Waals surface area contributed by atoms with Crippen LogP contribution < -0.4 is 4.72 Å². The van der Waals surface area contributed by atoms with E-state index >= 15 is 0 Å². The van der Waals surface area contributed by atoms with Crippen LogP contribution in [0.4, 0.5) is 0 Å². The predicted octanol–water partition coefficient (Wildman–Crippen LogP) is 2.74. The molecule has 0 amide bonds. The number of nitrogens with one attached hydrogen (secondary N) is 1. The molecule has 1 aliphatic rings. The topological polar surface area (TPSA) is 49.4 Å². The fourth-order valence-corrected chi connectivity index (χ4v) is 4.36. The van der Waals surface area contributed by atoms with Gasteiger partial charge in [-0.3, -0.25) is 0 Å². The number of nitrogens with zero attached hydrogens (tertiary/aromatic N) is 1. The van der Waals surface area contributed by atoms with E-state index in [9.17, 15) is 8.42 Å². The number of hydrogen-bond donors (Lipinski definition) is 1.